The molecule has 1 aromatic carbocycles. The largest absolute Gasteiger partial charge is 0.317 e. The van der Waals surface area contributed by atoms with E-state index in [4.69, 9.17) is 0 Å². The van der Waals surface area contributed by atoms with Crippen molar-refractivity contribution in [3.05, 3.63) is 24.3 Å². The molecule has 2 rings (SSSR count). The molecule has 27 heavy (non-hydrogen) atoms. The summed E-state index contributed by atoms with van der Waals surface area (Å²) < 4.78 is 1.76. The summed E-state index contributed by atoms with van der Waals surface area (Å²) in [5.74, 6) is 0. The summed E-state index contributed by atoms with van der Waals surface area (Å²) in [6.07, 6.45) is 16.9. The zero-order valence-electron chi connectivity index (χ0n) is 18.1. The van der Waals surface area contributed by atoms with Crippen LogP contribution in [0.15, 0.2) is 24.3 Å². The highest BCUT2D eigenvalue weighted by Crippen LogP contribution is 2.07. The van der Waals surface area contributed by atoms with Crippen molar-refractivity contribution in [2.24, 2.45) is 7.05 Å². The molecule has 0 fully saturated rings. The van der Waals surface area contributed by atoms with Crippen molar-refractivity contribution in [1.82, 2.24) is 20.3 Å². The van der Waals surface area contributed by atoms with Gasteiger partial charge in [-0.05, 0) is 38.1 Å². The van der Waals surface area contributed by atoms with Gasteiger partial charge in [-0.15, -0.1) is 5.10 Å². The van der Waals surface area contributed by atoms with E-state index in [2.05, 4.69) is 29.5 Å². The lowest BCUT2D eigenvalue weighted by atomic mass is 10.1. The maximum atomic E-state index is 3.93. The Labute approximate surface area is 167 Å². The Kier molecular flexibility index (Phi) is 14.6. The number of nitrogens with zero attached hydrogens (tertiary/aromatic N) is 3. The van der Waals surface area contributed by atoms with E-state index in [9.17, 15) is 0 Å². The first-order valence-corrected chi connectivity index (χ1v) is 11.2. The fourth-order valence-electron chi connectivity index (χ4n) is 3.17. The minimum absolute atomic E-state index is 0.949. The summed E-state index contributed by atoms with van der Waals surface area (Å²) in [7, 11) is 1.88. The monoisotopic (exact) mass is 374 g/mol. The van der Waals surface area contributed by atoms with Crippen LogP contribution in [0.4, 0.5) is 0 Å². The molecular formula is C23H42N4. The Hall–Kier alpha value is -1.42. The predicted octanol–water partition coefficient (Wildman–Crippen LogP) is 6.27. The van der Waals surface area contributed by atoms with Crippen molar-refractivity contribution in [2.45, 2.75) is 90.9 Å². The number of unbranched alkanes of at least 4 members (excludes halogenated alkanes) is 10. The molecule has 4 heteroatoms. The van der Waals surface area contributed by atoms with Crippen LogP contribution in [0, 0.1) is 0 Å². The van der Waals surface area contributed by atoms with Gasteiger partial charge in [0.25, 0.3) is 0 Å². The fourth-order valence-corrected chi connectivity index (χ4v) is 3.17. The van der Waals surface area contributed by atoms with Crippen LogP contribution < -0.4 is 5.32 Å². The van der Waals surface area contributed by atoms with Crippen molar-refractivity contribution >= 4 is 11.0 Å². The molecule has 0 bridgehead atoms. The molecule has 0 amide bonds. The second-order valence-electron chi connectivity index (χ2n) is 7.49. The van der Waals surface area contributed by atoms with Crippen molar-refractivity contribution in [3.8, 4) is 0 Å². The van der Waals surface area contributed by atoms with Gasteiger partial charge >= 0.3 is 0 Å². The van der Waals surface area contributed by atoms with Crippen molar-refractivity contribution in [2.75, 3.05) is 13.1 Å². The highest BCUT2D eigenvalue weighted by Gasteiger charge is 1.96. The summed E-state index contributed by atoms with van der Waals surface area (Å²) in [4.78, 5) is 0. The van der Waals surface area contributed by atoms with Crippen LogP contribution in [-0.4, -0.2) is 28.1 Å². The Morgan fingerprint density at radius 1 is 0.741 bits per heavy atom. The predicted molar refractivity (Wildman–Crippen MR) is 118 cm³/mol. The zero-order chi connectivity index (χ0) is 19.6. The average Bonchev–Trinajstić information content (AvgIpc) is 3.07. The van der Waals surface area contributed by atoms with Crippen molar-refractivity contribution in [1.29, 1.82) is 0 Å². The summed E-state index contributed by atoms with van der Waals surface area (Å²) in [6, 6.07) is 7.88. The van der Waals surface area contributed by atoms with Crippen LogP contribution in [0.2, 0.25) is 0 Å². The number of aromatic nitrogens is 3. The lowest BCUT2D eigenvalue weighted by Crippen LogP contribution is -2.16. The molecule has 154 valence electrons. The molecule has 0 atom stereocenters. The van der Waals surface area contributed by atoms with E-state index in [-0.39, 0.29) is 0 Å². The third-order valence-electron chi connectivity index (χ3n) is 4.93. The van der Waals surface area contributed by atoms with Gasteiger partial charge in [-0.2, -0.15) is 0 Å². The number of hydrogen-bond donors (Lipinski definition) is 1. The van der Waals surface area contributed by atoms with Crippen LogP contribution in [0.1, 0.15) is 90.9 Å². The highest BCUT2D eigenvalue weighted by molar-refractivity contribution is 5.73. The number of nitrogens with one attached hydrogen (secondary N) is 1. The van der Waals surface area contributed by atoms with Gasteiger partial charge in [-0.25, -0.2) is 4.68 Å². The van der Waals surface area contributed by atoms with Gasteiger partial charge in [-0.3, -0.25) is 0 Å². The number of benzene rings is 1. The molecule has 0 spiro atoms. The SMILES string of the molecule is CCCCCCCCNCCCCCCCC.Cn1nnc2ccccc21. The third kappa shape index (κ3) is 11.8. The third-order valence-corrected chi connectivity index (χ3v) is 4.93. The fraction of sp³-hybridized carbons (Fsp3) is 0.739. The number of aryl methyl sites for hydroxylation is 1. The van der Waals surface area contributed by atoms with Gasteiger partial charge in [0.1, 0.15) is 5.52 Å². The number of fused-ring (bicyclic) bond motifs is 1. The maximum Gasteiger partial charge on any atom is 0.113 e. The molecule has 0 aliphatic carbocycles. The minimum Gasteiger partial charge on any atom is -0.317 e. The Bertz CT molecular complexity index is 550. The molecular weight excluding hydrogens is 332 g/mol. The molecule has 4 nitrogen and oxygen atoms in total. The van der Waals surface area contributed by atoms with Crippen LogP contribution in [0.5, 0.6) is 0 Å². The minimum atomic E-state index is 0.949. The molecule has 0 aliphatic heterocycles. The lowest BCUT2D eigenvalue weighted by molar-refractivity contribution is 0.543. The smallest absolute Gasteiger partial charge is 0.113 e. The molecule has 0 radical (unpaired) electrons. The lowest BCUT2D eigenvalue weighted by Gasteiger charge is -2.04. The normalized spacial score (nSPS) is 10.8. The second-order valence-corrected chi connectivity index (χ2v) is 7.49. The topological polar surface area (TPSA) is 42.7 Å². The average molecular weight is 375 g/mol. The van der Waals surface area contributed by atoms with Gasteiger partial charge in [0, 0.05) is 7.05 Å². The van der Waals surface area contributed by atoms with Gasteiger partial charge in [-0.1, -0.05) is 95.4 Å². The number of rotatable bonds is 14. The van der Waals surface area contributed by atoms with E-state index in [1.54, 1.807) is 4.68 Å². The van der Waals surface area contributed by atoms with Crippen LogP contribution in [0.3, 0.4) is 0 Å². The summed E-state index contributed by atoms with van der Waals surface area (Å²) in [5, 5.41) is 11.4. The summed E-state index contributed by atoms with van der Waals surface area (Å²) in [6.45, 7) is 7.03. The van der Waals surface area contributed by atoms with Crippen LogP contribution >= 0.6 is 0 Å². The van der Waals surface area contributed by atoms with E-state index < -0.39 is 0 Å². The van der Waals surface area contributed by atoms with E-state index in [1.165, 1.54) is 90.1 Å². The van der Waals surface area contributed by atoms with Gasteiger partial charge in [0.15, 0.2) is 0 Å². The zero-order valence-corrected chi connectivity index (χ0v) is 18.1. The van der Waals surface area contributed by atoms with Gasteiger partial charge < -0.3 is 5.32 Å². The van der Waals surface area contributed by atoms with Crippen molar-refractivity contribution < 1.29 is 0 Å². The molecule has 1 N–H and O–H groups in total. The van der Waals surface area contributed by atoms with E-state index in [0.717, 1.165) is 11.0 Å². The second kappa shape index (κ2) is 16.7. The van der Waals surface area contributed by atoms with Crippen molar-refractivity contribution in [3.63, 3.8) is 0 Å². The molecule has 0 unspecified atom stereocenters. The maximum absolute atomic E-state index is 3.93. The Morgan fingerprint density at radius 2 is 1.26 bits per heavy atom. The van der Waals surface area contributed by atoms with Crippen LogP contribution in [-0.2, 0) is 7.05 Å². The Morgan fingerprint density at radius 3 is 1.81 bits per heavy atom. The molecule has 2 aromatic rings. The molecule has 0 aliphatic rings. The number of para-hydroxylation sites is 1. The van der Waals surface area contributed by atoms with E-state index >= 15 is 0 Å². The van der Waals surface area contributed by atoms with Gasteiger partial charge in [0.2, 0.25) is 0 Å². The quantitative estimate of drug-likeness (QED) is 0.396. The molecule has 0 saturated carbocycles. The molecule has 1 heterocycles. The number of hydrogen-bond acceptors (Lipinski definition) is 3. The first kappa shape index (κ1) is 23.6. The van der Waals surface area contributed by atoms with Crippen LogP contribution in [0.25, 0.3) is 11.0 Å². The first-order valence-electron chi connectivity index (χ1n) is 11.2. The Balaban J connectivity index is 0.000000303. The van der Waals surface area contributed by atoms with E-state index in [1.807, 2.05) is 31.3 Å². The van der Waals surface area contributed by atoms with E-state index in [0.29, 0.717) is 0 Å². The molecule has 0 saturated heterocycles. The summed E-state index contributed by atoms with van der Waals surface area (Å²) in [5.41, 5.74) is 2.02. The highest BCUT2D eigenvalue weighted by atomic mass is 15.4. The standard InChI is InChI=1S/C16H35N.C7H7N3/c1-3-5-7-9-11-13-15-17-16-14-12-10-8-6-4-2;1-10-7-5-3-2-4-6(7)8-9-10/h17H,3-16H2,1-2H3;2-5H,1H3. The molecule has 1 aromatic heterocycles. The first-order chi connectivity index (χ1) is 13.3. The summed E-state index contributed by atoms with van der Waals surface area (Å²) >= 11 is 0. The van der Waals surface area contributed by atoms with Gasteiger partial charge in [0.05, 0.1) is 5.52 Å².